The zero-order valence-electron chi connectivity index (χ0n) is 20.7. The van der Waals surface area contributed by atoms with Gasteiger partial charge in [-0.15, -0.1) is 11.3 Å². The van der Waals surface area contributed by atoms with Crippen molar-refractivity contribution >= 4 is 43.0 Å². The lowest BCUT2D eigenvalue weighted by molar-refractivity contribution is 0.134. The molecule has 0 bridgehead atoms. The van der Waals surface area contributed by atoms with Crippen LogP contribution >= 0.6 is 22.9 Å². The fourth-order valence-electron chi connectivity index (χ4n) is 4.21. The molecular weight excluding hydrogens is 554 g/mol. The van der Waals surface area contributed by atoms with Crippen molar-refractivity contribution in [1.82, 2.24) is 10.0 Å². The average molecular weight is 581 g/mol. The van der Waals surface area contributed by atoms with Gasteiger partial charge in [0.25, 0.3) is 10.0 Å². The summed E-state index contributed by atoms with van der Waals surface area (Å²) in [5, 5.41) is 15.3. The summed E-state index contributed by atoms with van der Waals surface area (Å²) >= 11 is 7.18. The largest absolute Gasteiger partial charge is 0.497 e. The van der Waals surface area contributed by atoms with Gasteiger partial charge in [-0.1, -0.05) is 23.7 Å². The van der Waals surface area contributed by atoms with Crippen LogP contribution in [0.2, 0.25) is 5.02 Å². The van der Waals surface area contributed by atoms with Crippen LogP contribution in [0.1, 0.15) is 16.7 Å². The summed E-state index contributed by atoms with van der Waals surface area (Å²) in [6.45, 7) is 2.09. The number of sulfonamides is 1. The molecule has 0 saturated carbocycles. The van der Waals surface area contributed by atoms with E-state index in [0.717, 1.165) is 39.8 Å². The Morgan fingerprint density at radius 2 is 1.79 bits per heavy atom. The van der Waals surface area contributed by atoms with Crippen molar-refractivity contribution in [2.24, 2.45) is 0 Å². The molecule has 202 valence electrons. The standard InChI is InChI=1S/C27H27ClF2N2O4S2/c1-16-23-12-19(28)6-7-26(23)37-27(16)38(34,35)32-24(11-18-8-20(29)13-21(30)9-18)25(33)15-31-14-17-4-3-5-22(10-17)36-2/h3-10,12-13,24-25,31-33H,11,14-15H2,1-2H3/t24?,25-/m1/s1. The highest BCUT2D eigenvalue weighted by Gasteiger charge is 2.29. The normalized spacial score (nSPS) is 13.5. The van der Waals surface area contributed by atoms with Crippen LogP contribution in [0.3, 0.4) is 0 Å². The minimum absolute atomic E-state index is 0.0171. The molecule has 0 aliphatic carbocycles. The number of thiophene rings is 1. The number of nitrogens with one attached hydrogen (secondary N) is 2. The number of aliphatic hydroxyl groups excluding tert-OH is 1. The lowest BCUT2D eigenvalue weighted by Crippen LogP contribution is -2.48. The van der Waals surface area contributed by atoms with E-state index < -0.39 is 33.8 Å². The fraction of sp³-hybridized carbons (Fsp3) is 0.259. The maximum atomic E-state index is 13.9. The number of methoxy groups -OCH3 is 1. The van der Waals surface area contributed by atoms with E-state index in [-0.39, 0.29) is 22.7 Å². The number of hydrogen-bond donors (Lipinski definition) is 3. The van der Waals surface area contributed by atoms with E-state index in [1.165, 1.54) is 0 Å². The van der Waals surface area contributed by atoms with E-state index >= 15 is 0 Å². The Labute approximate surface area is 229 Å². The third-order valence-electron chi connectivity index (χ3n) is 6.06. The highest BCUT2D eigenvalue weighted by atomic mass is 35.5. The maximum absolute atomic E-state index is 13.9. The van der Waals surface area contributed by atoms with Crippen LogP contribution in [-0.4, -0.2) is 39.3 Å². The van der Waals surface area contributed by atoms with Crippen LogP contribution in [0.4, 0.5) is 8.78 Å². The first-order chi connectivity index (χ1) is 18.1. The Hall–Kier alpha value is -2.60. The number of halogens is 3. The lowest BCUT2D eigenvalue weighted by Gasteiger charge is -2.25. The topological polar surface area (TPSA) is 87.7 Å². The second-order valence-corrected chi connectivity index (χ2v) is 12.3. The van der Waals surface area contributed by atoms with E-state index in [9.17, 15) is 22.3 Å². The van der Waals surface area contributed by atoms with Crippen LogP contribution in [0.5, 0.6) is 5.75 Å². The first-order valence-electron chi connectivity index (χ1n) is 11.7. The van der Waals surface area contributed by atoms with E-state index in [1.54, 1.807) is 32.2 Å². The van der Waals surface area contributed by atoms with Crippen LogP contribution in [-0.2, 0) is 23.0 Å². The van der Waals surface area contributed by atoms with E-state index in [0.29, 0.717) is 28.3 Å². The number of hydrogen-bond acceptors (Lipinski definition) is 6. The van der Waals surface area contributed by atoms with E-state index in [4.69, 9.17) is 16.3 Å². The van der Waals surface area contributed by atoms with Crippen LogP contribution in [0, 0.1) is 18.6 Å². The molecule has 3 aromatic carbocycles. The fourth-order valence-corrected chi connectivity index (χ4v) is 7.41. The van der Waals surface area contributed by atoms with Crippen LogP contribution in [0.25, 0.3) is 10.1 Å². The maximum Gasteiger partial charge on any atom is 0.250 e. The molecule has 3 N–H and O–H groups in total. The summed E-state index contributed by atoms with van der Waals surface area (Å²) < 4.78 is 63.3. The average Bonchev–Trinajstić information content (AvgIpc) is 3.19. The van der Waals surface area contributed by atoms with Crippen molar-refractivity contribution in [3.63, 3.8) is 0 Å². The summed E-state index contributed by atoms with van der Waals surface area (Å²) in [7, 11) is -2.54. The molecule has 0 amide bonds. The van der Waals surface area contributed by atoms with Crippen LogP contribution < -0.4 is 14.8 Å². The van der Waals surface area contributed by atoms with Gasteiger partial charge < -0.3 is 15.2 Å². The predicted molar refractivity (Wildman–Crippen MR) is 146 cm³/mol. The molecule has 38 heavy (non-hydrogen) atoms. The van der Waals surface area contributed by atoms with Gasteiger partial charge in [-0.3, -0.25) is 0 Å². The van der Waals surface area contributed by atoms with Gasteiger partial charge in [-0.05, 0) is 77.9 Å². The summed E-state index contributed by atoms with van der Waals surface area (Å²) in [6.07, 6.45) is -1.35. The highest BCUT2D eigenvalue weighted by Crippen LogP contribution is 2.35. The van der Waals surface area contributed by atoms with Gasteiger partial charge in [0.15, 0.2) is 0 Å². The number of benzene rings is 3. The minimum atomic E-state index is -4.10. The number of fused-ring (bicyclic) bond motifs is 1. The molecule has 0 fully saturated rings. The summed E-state index contributed by atoms with van der Waals surface area (Å²) in [4.78, 5) is 0. The van der Waals surface area contributed by atoms with Gasteiger partial charge in [0.1, 0.15) is 21.6 Å². The molecule has 1 unspecified atom stereocenters. The van der Waals surface area contributed by atoms with Crippen LogP contribution in [0.15, 0.2) is 64.9 Å². The van der Waals surface area contributed by atoms with E-state index in [1.807, 2.05) is 24.3 Å². The molecule has 0 radical (unpaired) electrons. The molecule has 1 heterocycles. The summed E-state index contributed by atoms with van der Waals surface area (Å²) in [5.74, 6) is -0.891. The number of ether oxygens (including phenoxy) is 1. The Balaban J connectivity index is 1.57. The zero-order valence-corrected chi connectivity index (χ0v) is 23.1. The number of rotatable bonds is 11. The monoisotopic (exact) mass is 580 g/mol. The molecule has 11 heteroatoms. The number of aryl methyl sites for hydroxylation is 1. The van der Waals surface area contributed by atoms with Gasteiger partial charge in [0, 0.05) is 28.9 Å². The third-order valence-corrected chi connectivity index (χ3v) is 9.68. The Bertz CT molecular complexity index is 1530. The van der Waals surface area contributed by atoms with Crippen molar-refractivity contribution in [3.8, 4) is 5.75 Å². The lowest BCUT2D eigenvalue weighted by atomic mass is 10.0. The Kier molecular flexibility index (Phi) is 9.02. The number of aliphatic hydroxyl groups is 1. The third kappa shape index (κ3) is 6.88. The molecule has 4 rings (SSSR count). The van der Waals surface area contributed by atoms with Crippen molar-refractivity contribution in [2.45, 2.75) is 36.2 Å². The van der Waals surface area contributed by atoms with Crippen molar-refractivity contribution in [3.05, 3.63) is 94.0 Å². The smallest absolute Gasteiger partial charge is 0.250 e. The predicted octanol–water partition coefficient (Wildman–Crippen LogP) is 5.19. The molecule has 0 aliphatic rings. The molecule has 0 aliphatic heterocycles. The first kappa shape index (κ1) is 28.4. The summed E-state index contributed by atoms with van der Waals surface area (Å²) in [5.41, 5.74) is 1.64. The highest BCUT2D eigenvalue weighted by molar-refractivity contribution is 7.91. The van der Waals surface area contributed by atoms with Gasteiger partial charge >= 0.3 is 0 Å². The van der Waals surface area contributed by atoms with E-state index in [2.05, 4.69) is 10.0 Å². The molecule has 0 saturated heterocycles. The van der Waals surface area contributed by atoms with Gasteiger partial charge in [0.2, 0.25) is 0 Å². The molecular formula is C27H27ClF2N2O4S2. The van der Waals surface area contributed by atoms with Gasteiger partial charge in [0.05, 0.1) is 19.3 Å². The molecule has 0 spiro atoms. The second-order valence-electron chi connectivity index (χ2n) is 8.91. The first-order valence-corrected chi connectivity index (χ1v) is 14.4. The quantitative estimate of drug-likeness (QED) is 0.227. The SMILES string of the molecule is COc1cccc(CNC[C@@H](O)C(Cc2cc(F)cc(F)c2)NS(=O)(=O)c2sc3ccc(Cl)cc3c2C)c1. The summed E-state index contributed by atoms with van der Waals surface area (Å²) in [6, 6.07) is 14.4. The van der Waals surface area contributed by atoms with Crippen molar-refractivity contribution in [2.75, 3.05) is 13.7 Å². The molecule has 4 aromatic rings. The van der Waals surface area contributed by atoms with Gasteiger partial charge in [-0.25, -0.2) is 21.9 Å². The zero-order chi connectivity index (χ0) is 27.4. The second kappa shape index (κ2) is 12.1. The minimum Gasteiger partial charge on any atom is -0.497 e. The van der Waals surface area contributed by atoms with Gasteiger partial charge in [-0.2, -0.15) is 0 Å². The Morgan fingerprint density at radius 3 is 2.50 bits per heavy atom. The van der Waals surface area contributed by atoms with Crippen molar-refractivity contribution < 1.29 is 27.0 Å². The molecule has 2 atom stereocenters. The Morgan fingerprint density at radius 1 is 1.05 bits per heavy atom. The molecule has 6 nitrogen and oxygen atoms in total. The van der Waals surface area contributed by atoms with Crippen molar-refractivity contribution in [1.29, 1.82) is 0 Å². The molecule has 1 aromatic heterocycles.